The lowest BCUT2D eigenvalue weighted by Crippen LogP contribution is -2.48. The molecule has 1 fully saturated rings. The van der Waals surface area contributed by atoms with Gasteiger partial charge in [-0.1, -0.05) is 60.7 Å². The summed E-state index contributed by atoms with van der Waals surface area (Å²) in [4.78, 5) is 19.2. The summed E-state index contributed by atoms with van der Waals surface area (Å²) in [6, 6.07) is 20.6. The number of rotatable bonds is 8. The molecule has 5 heteroatoms. The Balaban J connectivity index is 1.74. The van der Waals surface area contributed by atoms with Gasteiger partial charge < -0.3 is 10.1 Å². The van der Waals surface area contributed by atoms with Crippen molar-refractivity contribution in [3.8, 4) is 0 Å². The van der Waals surface area contributed by atoms with Crippen LogP contribution in [0.5, 0.6) is 0 Å². The lowest BCUT2D eigenvalue weighted by molar-refractivity contribution is -0.226. The summed E-state index contributed by atoms with van der Waals surface area (Å²) in [7, 11) is 0. The van der Waals surface area contributed by atoms with Crippen LogP contribution in [0.15, 0.2) is 60.7 Å². The number of nitrogens with zero attached hydrogens (tertiary/aromatic N) is 1. The van der Waals surface area contributed by atoms with Crippen molar-refractivity contribution >= 4 is 5.97 Å². The van der Waals surface area contributed by atoms with Crippen molar-refractivity contribution in [3.05, 3.63) is 71.8 Å². The summed E-state index contributed by atoms with van der Waals surface area (Å²) in [6.07, 6.45) is 0.556. The molecule has 0 saturated carbocycles. The summed E-state index contributed by atoms with van der Waals surface area (Å²) >= 11 is 0. The molecule has 0 bridgehead atoms. The Morgan fingerprint density at radius 3 is 2.38 bits per heavy atom. The van der Waals surface area contributed by atoms with Crippen LogP contribution in [0.4, 0.5) is 0 Å². The largest absolute Gasteiger partial charge is 0.465 e. The second-order valence-corrected chi connectivity index (χ2v) is 8.25. The Morgan fingerprint density at radius 2 is 1.76 bits per heavy atom. The molecule has 29 heavy (non-hydrogen) atoms. The minimum Gasteiger partial charge on any atom is -0.465 e. The number of esters is 1. The summed E-state index contributed by atoms with van der Waals surface area (Å²) in [6.45, 7) is 9.46. The van der Waals surface area contributed by atoms with E-state index in [1.54, 1.807) is 5.06 Å². The SMILES string of the molecule is CCOC(=O)[C@@]1(C)C[C@](C)(CN[C@@H](C)c2ccccc2)ON1Cc1ccccc1. The first kappa shape index (κ1) is 21.5. The van der Waals surface area contributed by atoms with E-state index in [1.807, 2.05) is 62.4 Å². The number of hydrogen-bond donors (Lipinski definition) is 1. The molecule has 5 nitrogen and oxygen atoms in total. The molecular formula is C24H32N2O3. The quantitative estimate of drug-likeness (QED) is 0.676. The van der Waals surface area contributed by atoms with Crippen LogP contribution in [0.3, 0.4) is 0 Å². The average molecular weight is 397 g/mol. The van der Waals surface area contributed by atoms with E-state index in [-0.39, 0.29) is 12.0 Å². The highest BCUT2D eigenvalue weighted by molar-refractivity contribution is 5.80. The molecule has 156 valence electrons. The average Bonchev–Trinajstić information content (AvgIpc) is 2.99. The maximum atomic E-state index is 12.9. The van der Waals surface area contributed by atoms with Gasteiger partial charge in [0.15, 0.2) is 0 Å². The second-order valence-electron chi connectivity index (χ2n) is 8.25. The molecular weight excluding hydrogens is 364 g/mol. The van der Waals surface area contributed by atoms with Crippen LogP contribution in [0, 0.1) is 0 Å². The Labute approximate surface area is 174 Å². The Bertz CT molecular complexity index is 798. The van der Waals surface area contributed by atoms with Crippen LogP contribution in [0.1, 0.15) is 51.3 Å². The molecule has 0 aliphatic carbocycles. The fourth-order valence-corrected chi connectivity index (χ4v) is 3.96. The Morgan fingerprint density at radius 1 is 1.14 bits per heavy atom. The van der Waals surface area contributed by atoms with Crippen molar-refractivity contribution in [3.63, 3.8) is 0 Å². The van der Waals surface area contributed by atoms with Gasteiger partial charge in [0.1, 0.15) is 11.1 Å². The number of ether oxygens (including phenoxy) is 1. The molecule has 1 N–H and O–H groups in total. The van der Waals surface area contributed by atoms with Crippen molar-refractivity contribution in [1.29, 1.82) is 0 Å². The summed E-state index contributed by atoms with van der Waals surface area (Å²) in [5, 5.41) is 5.37. The predicted molar refractivity (Wildman–Crippen MR) is 114 cm³/mol. The predicted octanol–water partition coefficient (Wildman–Crippen LogP) is 4.26. The van der Waals surface area contributed by atoms with Crippen LogP contribution in [-0.4, -0.2) is 35.3 Å². The van der Waals surface area contributed by atoms with Gasteiger partial charge in [-0.2, -0.15) is 5.06 Å². The van der Waals surface area contributed by atoms with Crippen molar-refractivity contribution in [2.45, 2.75) is 57.8 Å². The monoisotopic (exact) mass is 396 g/mol. The highest BCUT2D eigenvalue weighted by Gasteiger charge is 2.55. The molecule has 0 amide bonds. The molecule has 0 aromatic heterocycles. The molecule has 1 saturated heterocycles. The van der Waals surface area contributed by atoms with E-state index >= 15 is 0 Å². The molecule has 0 unspecified atom stereocenters. The second kappa shape index (κ2) is 9.08. The van der Waals surface area contributed by atoms with Crippen LogP contribution >= 0.6 is 0 Å². The van der Waals surface area contributed by atoms with Crippen molar-refractivity contribution in [2.75, 3.05) is 13.2 Å². The molecule has 1 heterocycles. The minimum atomic E-state index is -0.835. The van der Waals surface area contributed by atoms with Gasteiger partial charge >= 0.3 is 5.97 Å². The number of nitrogens with one attached hydrogen (secondary N) is 1. The van der Waals surface area contributed by atoms with E-state index in [0.717, 1.165) is 5.56 Å². The van der Waals surface area contributed by atoms with Crippen molar-refractivity contribution in [1.82, 2.24) is 10.4 Å². The summed E-state index contributed by atoms with van der Waals surface area (Å²) in [5.41, 5.74) is 0.971. The van der Waals surface area contributed by atoms with Gasteiger partial charge in [-0.15, -0.1) is 0 Å². The first-order valence-corrected chi connectivity index (χ1v) is 10.3. The first-order valence-electron chi connectivity index (χ1n) is 10.3. The third-order valence-corrected chi connectivity index (χ3v) is 5.57. The molecule has 2 aromatic carbocycles. The number of carbonyl (C=O) groups excluding carboxylic acids is 1. The highest BCUT2D eigenvalue weighted by Crippen LogP contribution is 2.40. The van der Waals surface area contributed by atoms with E-state index in [9.17, 15) is 4.79 Å². The van der Waals surface area contributed by atoms with Gasteiger partial charge in [0, 0.05) is 19.0 Å². The Kier molecular flexibility index (Phi) is 6.73. The number of benzene rings is 2. The molecule has 1 aliphatic rings. The van der Waals surface area contributed by atoms with E-state index in [1.165, 1.54) is 5.56 Å². The van der Waals surface area contributed by atoms with Crippen LogP contribution in [0.2, 0.25) is 0 Å². The molecule has 3 rings (SSSR count). The van der Waals surface area contributed by atoms with Crippen LogP contribution < -0.4 is 5.32 Å². The van der Waals surface area contributed by atoms with E-state index in [0.29, 0.717) is 26.1 Å². The fraction of sp³-hybridized carbons (Fsp3) is 0.458. The zero-order valence-corrected chi connectivity index (χ0v) is 17.9. The van der Waals surface area contributed by atoms with Crippen molar-refractivity contribution < 1.29 is 14.4 Å². The summed E-state index contributed by atoms with van der Waals surface area (Å²) in [5.74, 6) is -0.240. The van der Waals surface area contributed by atoms with Gasteiger partial charge in [-0.05, 0) is 38.8 Å². The maximum absolute atomic E-state index is 12.9. The highest BCUT2D eigenvalue weighted by atomic mass is 16.7. The molecule has 1 aliphatic heterocycles. The molecule has 0 radical (unpaired) electrons. The molecule has 0 spiro atoms. The van der Waals surface area contributed by atoms with Gasteiger partial charge in [-0.3, -0.25) is 4.84 Å². The molecule has 3 atom stereocenters. The topological polar surface area (TPSA) is 50.8 Å². The zero-order valence-electron chi connectivity index (χ0n) is 17.9. The maximum Gasteiger partial charge on any atom is 0.328 e. The lowest BCUT2D eigenvalue weighted by atomic mass is 9.87. The number of hydrogen-bond acceptors (Lipinski definition) is 5. The standard InChI is InChI=1S/C24H32N2O3/c1-5-28-22(27)24(4)17-23(3,18-25-19(2)21-14-10-7-11-15-21)29-26(24)16-20-12-8-6-9-13-20/h6-15,19,25H,5,16-18H2,1-4H3/t19-,23+,24+/m0/s1. The first-order chi connectivity index (χ1) is 13.9. The normalized spacial score (nSPS) is 25.7. The fourth-order valence-electron chi connectivity index (χ4n) is 3.96. The van der Waals surface area contributed by atoms with E-state index < -0.39 is 11.1 Å². The lowest BCUT2D eigenvalue weighted by Gasteiger charge is -2.30. The van der Waals surface area contributed by atoms with E-state index in [4.69, 9.17) is 9.57 Å². The summed E-state index contributed by atoms with van der Waals surface area (Å²) < 4.78 is 5.40. The van der Waals surface area contributed by atoms with Crippen LogP contribution in [-0.2, 0) is 20.9 Å². The third kappa shape index (κ3) is 5.04. The van der Waals surface area contributed by atoms with Crippen molar-refractivity contribution in [2.24, 2.45) is 0 Å². The van der Waals surface area contributed by atoms with Crippen LogP contribution in [0.25, 0.3) is 0 Å². The van der Waals surface area contributed by atoms with Gasteiger partial charge in [0.2, 0.25) is 0 Å². The third-order valence-electron chi connectivity index (χ3n) is 5.57. The van der Waals surface area contributed by atoms with Gasteiger partial charge in [-0.25, -0.2) is 4.79 Å². The smallest absolute Gasteiger partial charge is 0.328 e. The minimum absolute atomic E-state index is 0.189. The van der Waals surface area contributed by atoms with Gasteiger partial charge in [0.05, 0.1) is 13.2 Å². The number of hydroxylamine groups is 2. The van der Waals surface area contributed by atoms with Gasteiger partial charge in [0.25, 0.3) is 0 Å². The number of carbonyl (C=O) groups is 1. The van der Waals surface area contributed by atoms with E-state index in [2.05, 4.69) is 31.3 Å². The Hall–Kier alpha value is -2.21. The zero-order chi connectivity index (χ0) is 20.9. The molecule has 2 aromatic rings.